The quantitative estimate of drug-likeness (QED) is 0.368. The number of allylic oxidation sites excluding steroid dienone is 4. The summed E-state index contributed by atoms with van der Waals surface area (Å²) in [6.45, 7) is 20.0. The Morgan fingerprint density at radius 2 is 0.875 bits per heavy atom. The van der Waals surface area contributed by atoms with Gasteiger partial charge in [-0.15, -0.1) is 0 Å². The topological polar surface area (TPSA) is 39.8 Å². The molecule has 0 atom stereocenters. The van der Waals surface area contributed by atoms with E-state index in [9.17, 15) is 0 Å². The van der Waals surface area contributed by atoms with Gasteiger partial charge >= 0.3 is 49.6 Å². The SMILES string of the molecule is C[C]1C(C)=C(C)C(C)=C1C.[C-]#[O+].[C-]#[O+].[Cl][Ru]. The predicted molar refractivity (Wildman–Crippen MR) is 59.4 cm³/mol. The molecular formula is C12H15ClO2Ru. The van der Waals surface area contributed by atoms with E-state index in [4.69, 9.17) is 9.30 Å². The molecule has 4 heteroatoms. The third kappa shape index (κ3) is 5.82. The molecule has 90 valence electrons. The molecule has 0 aromatic rings. The van der Waals surface area contributed by atoms with E-state index in [0.29, 0.717) is 0 Å². The van der Waals surface area contributed by atoms with Gasteiger partial charge in [0.05, 0.1) is 0 Å². The van der Waals surface area contributed by atoms with Crippen LogP contribution in [0.25, 0.3) is 0 Å². The second kappa shape index (κ2) is 12.9. The van der Waals surface area contributed by atoms with Crippen LogP contribution in [-0.4, -0.2) is 0 Å². The summed E-state index contributed by atoms with van der Waals surface area (Å²) in [5, 5.41) is 0. The van der Waals surface area contributed by atoms with Crippen molar-refractivity contribution in [3.05, 3.63) is 41.5 Å². The first-order valence-electron chi connectivity index (χ1n) is 4.29. The average molecular weight is 328 g/mol. The van der Waals surface area contributed by atoms with Crippen molar-refractivity contribution >= 4 is 9.69 Å². The molecule has 0 fully saturated rings. The summed E-state index contributed by atoms with van der Waals surface area (Å²) in [6, 6.07) is 0. The van der Waals surface area contributed by atoms with Gasteiger partial charge in [-0.25, -0.2) is 0 Å². The Morgan fingerprint density at radius 1 is 0.688 bits per heavy atom. The van der Waals surface area contributed by atoms with Crippen LogP contribution >= 0.6 is 9.69 Å². The zero-order chi connectivity index (χ0) is 13.9. The summed E-state index contributed by atoms with van der Waals surface area (Å²) < 4.78 is 15.0. The molecule has 1 rings (SSSR count). The Hall–Kier alpha value is -0.127. The van der Waals surface area contributed by atoms with E-state index >= 15 is 0 Å². The molecule has 1 radical (unpaired) electrons. The molecule has 0 unspecified atom stereocenters. The fourth-order valence-electron chi connectivity index (χ4n) is 1.41. The van der Waals surface area contributed by atoms with Gasteiger partial charge in [-0.05, 0) is 38.8 Å². The van der Waals surface area contributed by atoms with Crippen molar-refractivity contribution in [3.8, 4) is 0 Å². The van der Waals surface area contributed by atoms with Crippen molar-refractivity contribution in [3.63, 3.8) is 0 Å². The maximum atomic E-state index is 7.50. The zero-order valence-electron chi connectivity index (χ0n) is 10.0. The monoisotopic (exact) mass is 328 g/mol. The molecular weight excluding hydrogens is 313 g/mol. The summed E-state index contributed by atoms with van der Waals surface area (Å²) in [5.41, 5.74) is 5.87. The van der Waals surface area contributed by atoms with Crippen molar-refractivity contribution in [2.45, 2.75) is 34.6 Å². The van der Waals surface area contributed by atoms with E-state index in [1.165, 1.54) is 28.2 Å². The number of hydrogen-bond donors (Lipinski definition) is 0. The molecule has 0 aromatic carbocycles. The van der Waals surface area contributed by atoms with Gasteiger partial charge in [0.15, 0.2) is 0 Å². The van der Waals surface area contributed by atoms with Crippen LogP contribution in [0, 0.1) is 19.2 Å². The van der Waals surface area contributed by atoms with Gasteiger partial charge in [-0.3, -0.25) is 0 Å². The Bertz CT molecular complexity index is 271. The fraction of sp³-hybridized carbons (Fsp3) is 0.417. The van der Waals surface area contributed by atoms with E-state index in [1.54, 1.807) is 0 Å². The maximum absolute atomic E-state index is 7.50. The number of rotatable bonds is 0. The Balaban J connectivity index is -0.000000245. The number of hydrogen-bond acceptors (Lipinski definition) is 0. The molecule has 0 N–H and O–H groups in total. The number of halogens is 1. The first kappa shape index (κ1) is 21.2. The molecule has 0 saturated carbocycles. The molecule has 0 bridgehead atoms. The van der Waals surface area contributed by atoms with E-state index < -0.39 is 0 Å². The van der Waals surface area contributed by atoms with E-state index in [-0.39, 0.29) is 0 Å². The summed E-state index contributed by atoms with van der Waals surface area (Å²) in [4.78, 5) is 0. The van der Waals surface area contributed by atoms with Crippen molar-refractivity contribution in [2.24, 2.45) is 0 Å². The third-order valence-electron chi connectivity index (χ3n) is 2.81. The normalized spacial score (nSPS) is 13.9. The van der Waals surface area contributed by atoms with Crippen LogP contribution in [0.1, 0.15) is 34.6 Å². The summed E-state index contributed by atoms with van der Waals surface area (Å²) in [5.74, 6) is 1.47. The van der Waals surface area contributed by atoms with Gasteiger partial charge in [0, 0.05) is 5.92 Å². The Morgan fingerprint density at radius 3 is 0.938 bits per heavy atom. The van der Waals surface area contributed by atoms with E-state index in [2.05, 4.69) is 57.6 Å². The molecule has 0 aromatic heterocycles. The second-order valence-corrected chi connectivity index (χ2v) is 3.12. The minimum atomic E-state index is 1.47. The van der Waals surface area contributed by atoms with Gasteiger partial charge < -0.3 is 0 Å². The predicted octanol–water partition coefficient (Wildman–Crippen LogP) is 3.88. The average Bonchev–Trinajstić information content (AvgIpc) is 2.55. The minimum absolute atomic E-state index is 1.47. The van der Waals surface area contributed by atoms with Gasteiger partial charge in [0.25, 0.3) is 0 Å². The molecule has 0 amide bonds. The zero-order valence-corrected chi connectivity index (χ0v) is 12.5. The Labute approximate surface area is 112 Å². The van der Waals surface area contributed by atoms with Crippen molar-refractivity contribution in [1.82, 2.24) is 0 Å². The van der Waals surface area contributed by atoms with Crippen molar-refractivity contribution in [2.75, 3.05) is 0 Å². The van der Waals surface area contributed by atoms with Crippen molar-refractivity contribution in [1.29, 1.82) is 0 Å². The third-order valence-corrected chi connectivity index (χ3v) is 2.81. The van der Waals surface area contributed by atoms with Gasteiger partial charge in [0.1, 0.15) is 0 Å². The van der Waals surface area contributed by atoms with Gasteiger partial charge in [0.2, 0.25) is 0 Å². The molecule has 0 spiro atoms. The summed E-state index contributed by atoms with van der Waals surface area (Å²) in [6.07, 6.45) is 0. The van der Waals surface area contributed by atoms with Gasteiger partial charge in [-0.1, -0.05) is 18.1 Å². The molecule has 0 heterocycles. The van der Waals surface area contributed by atoms with E-state index in [0.717, 1.165) is 0 Å². The fourth-order valence-corrected chi connectivity index (χ4v) is 1.41. The molecule has 1 aliphatic carbocycles. The van der Waals surface area contributed by atoms with Crippen LogP contribution in [0.5, 0.6) is 0 Å². The molecule has 1 aliphatic rings. The molecule has 16 heavy (non-hydrogen) atoms. The van der Waals surface area contributed by atoms with Crippen LogP contribution in [-0.2, 0) is 26.6 Å². The van der Waals surface area contributed by atoms with Crippen molar-refractivity contribution < 1.29 is 26.6 Å². The molecule has 0 aliphatic heterocycles. The summed E-state index contributed by atoms with van der Waals surface area (Å²) >= 11 is 1.82. The van der Waals surface area contributed by atoms with Crippen LogP contribution in [0.3, 0.4) is 0 Å². The Kier molecular flexibility index (Phi) is 17.1. The second-order valence-electron chi connectivity index (χ2n) is 3.12. The van der Waals surface area contributed by atoms with Crippen LogP contribution < -0.4 is 0 Å². The van der Waals surface area contributed by atoms with E-state index in [1.807, 2.05) is 17.3 Å². The van der Waals surface area contributed by atoms with Crippen LogP contribution in [0.2, 0.25) is 0 Å². The standard InChI is InChI=1S/C10H15.2CO.ClH.Ru/c1-6-7(2)9(4)10(5)8(6)3;2*1-2;;/h1-5H3;;;1H;/q;;;;+1/p-1. The van der Waals surface area contributed by atoms with Crippen LogP contribution in [0.4, 0.5) is 0 Å². The van der Waals surface area contributed by atoms with Crippen LogP contribution in [0.15, 0.2) is 22.3 Å². The first-order chi connectivity index (χ1) is 7.55. The molecule has 2 nitrogen and oxygen atoms in total. The first-order valence-corrected chi connectivity index (χ1v) is 6.53. The van der Waals surface area contributed by atoms with Gasteiger partial charge in [-0.2, -0.15) is 0 Å². The summed E-state index contributed by atoms with van der Waals surface area (Å²) in [7, 11) is 4.57. The molecule has 0 saturated heterocycles.